The van der Waals surface area contributed by atoms with Gasteiger partial charge in [-0.1, -0.05) is 0 Å². The van der Waals surface area contributed by atoms with Gasteiger partial charge in [0.05, 0.1) is 0 Å². The SMILES string of the molecule is [InH3].[O]=[Zn].[Zn]. The number of hydrogen-bond donors (Lipinski definition) is 0. The molecule has 0 amide bonds. The van der Waals surface area contributed by atoms with Gasteiger partial charge in [0.2, 0.25) is 0 Å². The molecule has 0 saturated carbocycles. The fourth-order valence-electron chi connectivity index (χ4n) is 0. The van der Waals surface area contributed by atoms with Crippen LogP contribution in [0.4, 0.5) is 0 Å². The smallest absolute Gasteiger partial charge is 0 e. The summed E-state index contributed by atoms with van der Waals surface area (Å²) in [6.45, 7) is 0. The van der Waals surface area contributed by atoms with Gasteiger partial charge in [0.25, 0.3) is 0 Å². The summed E-state index contributed by atoms with van der Waals surface area (Å²) >= 11 is 0.125. The van der Waals surface area contributed by atoms with Crippen LogP contribution in [0, 0.1) is 0 Å². The van der Waals surface area contributed by atoms with Crippen molar-refractivity contribution >= 4 is 25.8 Å². The van der Waals surface area contributed by atoms with Crippen molar-refractivity contribution in [3.8, 4) is 0 Å². The molecular weight excluding hydrogens is 262 g/mol. The third-order valence-corrected chi connectivity index (χ3v) is 0. The second kappa shape index (κ2) is 20.5. The van der Waals surface area contributed by atoms with E-state index in [1.165, 1.54) is 0 Å². The molecule has 0 bridgehead atoms. The van der Waals surface area contributed by atoms with E-state index < -0.39 is 0 Å². The predicted molar refractivity (Wildman–Crippen MR) is 10.6 cm³/mol. The van der Waals surface area contributed by atoms with Crippen molar-refractivity contribution in [2.75, 3.05) is 0 Å². The summed E-state index contributed by atoms with van der Waals surface area (Å²) in [6, 6.07) is 0. The Morgan fingerprint density at radius 3 is 1.25 bits per heavy atom. The van der Waals surface area contributed by atoms with E-state index in [2.05, 4.69) is 0 Å². The molecule has 0 fully saturated rings. The quantitative estimate of drug-likeness (QED) is 0.497. The zero-order valence-electron chi connectivity index (χ0n) is 1.82. The van der Waals surface area contributed by atoms with E-state index in [-0.39, 0.29) is 63.6 Å². The van der Waals surface area contributed by atoms with Crippen LogP contribution in [0.3, 0.4) is 0 Å². The minimum absolute atomic E-state index is 0. The molecule has 1 nitrogen and oxygen atoms in total. The van der Waals surface area contributed by atoms with E-state index in [1.54, 1.807) is 0 Å². The van der Waals surface area contributed by atoms with Gasteiger partial charge in [0.15, 0.2) is 0 Å². The van der Waals surface area contributed by atoms with Gasteiger partial charge in [0, 0.05) is 19.5 Å². The summed E-state index contributed by atoms with van der Waals surface area (Å²) in [5, 5.41) is 0. The maximum Gasteiger partial charge on any atom is 0 e. The maximum absolute atomic E-state index is 8.38. The topological polar surface area (TPSA) is 17.1 Å². The van der Waals surface area contributed by atoms with Crippen LogP contribution in [0.5, 0.6) is 0 Å². The van der Waals surface area contributed by atoms with Crippen LogP contribution < -0.4 is 0 Å². The fourth-order valence-corrected chi connectivity index (χ4v) is 0. The van der Waals surface area contributed by atoms with Crippen molar-refractivity contribution < 1.29 is 41.3 Å². The van der Waals surface area contributed by atoms with Crippen molar-refractivity contribution in [2.24, 2.45) is 0 Å². The van der Waals surface area contributed by atoms with Gasteiger partial charge >= 0.3 is 47.7 Å². The van der Waals surface area contributed by atoms with E-state index >= 15 is 0 Å². The summed E-state index contributed by atoms with van der Waals surface area (Å²) in [5.41, 5.74) is 0. The van der Waals surface area contributed by atoms with Crippen LogP contribution in [-0.2, 0) is 41.3 Å². The average molecular weight is 265 g/mol. The molecule has 0 aromatic rings. The Kier molecular flexibility index (Phi) is 86.3. The van der Waals surface area contributed by atoms with Crippen molar-refractivity contribution in [1.29, 1.82) is 0 Å². The zero-order chi connectivity index (χ0) is 2.00. The molecule has 0 N–H and O–H groups in total. The molecule has 0 aromatic carbocycles. The Bertz CT molecular complexity index is 6.00. The van der Waals surface area contributed by atoms with Crippen molar-refractivity contribution in [2.45, 2.75) is 0 Å². The molecule has 0 aliphatic heterocycles. The van der Waals surface area contributed by atoms with E-state index in [9.17, 15) is 0 Å². The standard InChI is InChI=1S/In.O.2Zn.3H. The van der Waals surface area contributed by atoms with Gasteiger partial charge in [-0.2, -0.15) is 0 Å². The molecule has 0 aromatic heterocycles. The second-order valence-corrected chi connectivity index (χ2v) is 0. The van der Waals surface area contributed by atoms with Crippen LogP contribution in [0.25, 0.3) is 0 Å². The minimum atomic E-state index is 0. The molecule has 0 aliphatic rings. The summed E-state index contributed by atoms with van der Waals surface area (Å²) in [7, 11) is 0. The second-order valence-electron chi connectivity index (χ2n) is 0. The molecule has 4 heavy (non-hydrogen) atoms. The molecule has 0 unspecified atom stereocenters. The first kappa shape index (κ1) is 16.8. The van der Waals surface area contributed by atoms with E-state index in [0.717, 1.165) is 0 Å². The molecule has 4 heteroatoms. The molecule has 0 aliphatic carbocycles. The van der Waals surface area contributed by atoms with Gasteiger partial charge in [-0.05, 0) is 0 Å². The Morgan fingerprint density at radius 1 is 1.25 bits per heavy atom. The van der Waals surface area contributed by atoms with Gasteiger partial charge in [-0.15, -0.1) is 0 Å². The van der Waals surface area contributed by atoms with Gasteiger partial charge in [-0.3, -0.25) is 0 Å². The fraction of sp³-hybridized carbons (Fsp3) is 0. The zero-order valence-corrected chi connectivity index (χ0v) is 7.76. The third-order valence-electron chi connectivity index (χ3n) is 0. The van der Waals surface area contributed by atoms with E-state index in [0.29, 0.717) is 0 Å². The summed E-state index contributed by atoms with van der Waals surface area (Å²) in [6.07, 6.45) is 0. The Balaban J connectivity index is -0.00000000500. The first-order valence-corrected chi connectivity index (χ1v) is 1.50. The van der Waals surface area contributed by atoms with Crippen LogP contribution in [-0.4, -0.2) is 25.8 Å². The molecule has 0 spiro atoms. The largest absolute Gasteiger partial charge is 0 e. The van der Waals surface area contributed by atoms with Crippen molar-refractivity contribution in [3.63, 3.8) is 0 Å². The van der Waals surface area contributed by atoms with Crippen molar-refractivity contribution in [1.82, 2.24) is 0 Å². The summed E-state index contributed by atoms with van der Waals surface area (Å²) in [5.74, 6) is 0. The Labute approximate surface area is 66.4 Å². The van der Waals surface area contributed by atoms with Gasteiger partial charge < -0.3 is 0 Å². The van der Waals surface area contributed by atoms with Gasteiger partial charge in [-0.25, -0.2) is 0 Å². The predicted octanol–water partition coefficient (Wildman–Crippen LogP) is -1.31. The molecule has 16 valence electrons. The normalized spacial score (nSPS) is 1.50. The number of rotatable bonds is 0. The van der Waals surface area contributed by atoms with E-state index in [4.69, 9.17) is 3.57 Å². The first-order chi connectivity index (χ1) is 1.00. The summed E-state index contributed by atoms with van der Waals surface area (Å²) in [4.78, 5) is 0. The van der Waals surface area contributed by atoms with Crippen molar-refractivity contribution in [3.05, 3.63) is 0 Å². The Hall–Kier alpha value is 1.92. The van der Waals surface area contributed by atoms with Crippen LogP contribution in [0.2, 0.25) is 0 Å². The Morgan fingerprint density at radius 2 is 1.25 bits per heavy atom. The molecule has 0 rings (SSSR count). The molecule has 0 saturated heterocycles. The van der Waals surface area contributed by atoms with Gasteiger partial charge in [0.1, 0.15) is 0 Å². The average Bonchev–Trinajstić information content (AvgIpc) is 1.00. The third kappa shape index (κ3) is 9.07. The molecule has 0 heterocycles. The van der Waals surface area contributed by atoms with Crippen LogP contribution >= 0.6 is 0 Å². The van der Waals surface area contributed by atoms with Crippen LogP contribution in [0.1, 0.15) is 0 Å². The molecular formula is H3InOZn2. The monoisotopic (exact) mass is 262 g/mol. The minimum Gasteiger partial charge on any atom is 0 e. The first-order valence-electron chi connectivity index (χ1n) is 0.289. The summed E-state index contributed by atoms with van der Waals surface area (Å²) < 4.78 is 8.38. The van der Waals surface area contributed by atoms with Crippen LogP contribution in [0.15, 0.2) is 0 Å². The van der Waals surface area contributed by atoms with E-state index in [1.807, 2.05) is 0 Å². The number of hydrogen-bond acceptors (Lipinski definition) is 1. The maximum atomic E-state index is 8.38. The molecule has 0 atom stereocenters. The molecule has 0 radical (unpaired) electrons.